The maximum atomic E-state index is 12.6. The van der Waals surface area contributed by atoms with Gasteiger partial charge in [-0.15, -0.1) is 0 Å². The lowest BCUT2D eigenvalue weighted by molar-refractivity contribution is -0.118. The van der Waals surface area contributed by atoms with Gasteiger partial charge in [0.1, 0.15) is 0 Å². The van der Waals surface area contributed by atoms with E-state index in [1.807, 2.05) is 26.1 Å². The van der Waals surface area contributed by atoms with Crippen LogP contribution in [-0.2, 0) is 27.8 Å². The number of amides is 1. The Morgan fingerprint density at radius 3 is 2.65 bits per heavy atom. The Morgan fingerprint density at radius 2 is 1.87 bits per heavy atom. The summed E-state index contributed by atoms with van der Waals surface area (Å²) in [4.78, 5) is 16.4. The second-order valence-electron chi connectivity index (χ2n) is 8.82. The van der Waals surface area contributed by atoms with Crippen LogP contribution in [0.2, 0.25) is 0 Å². The highest BCUT2D eigenvalue weighted by Crippen LogP contribution is 2.28. The minimum Gasteiger partial charge on any atom is -0.315 e. The van der Waals surface area contributed by atoms with E-state index in [2.05, 4.69) is 27.8 Å². The first-order chi connectivity index (χ1) is 14.8. The monoisotopic (exact) mass is 441 g/mol. The summed E-state index contributed by atoms with van der Waals surface area (Å²) in [6, 6.07) is 13.3. The molecule has 0 radical (unpaired) electrons. The molecule has 4 rings (SSSR count). The third-order valence-electron chi connectivity index (χ3n) is 6.39. The molecule has 6 nitrogen and oxygen atoms in total. The van der Waals surface area contributed by atoms with E-state index in [1.54, 1.807) is 17.0 Å². The summed E-state index contributed by atoms with van der Waals surface area (Å²) in [7, 11) is -1.63. The fourth-order valence-corrected chi connectivity index (χ4v) is 5.67. The summed E-state index contributed by atoms with van der Waals surface area (Å²) < 4.78 is 28.0. The smallest absolute Gasteiger partial charge is 0.240 e. The minimum absolute atomic E-state index is 0.173. The maximum Gasteiger partial charge on any atom is 0.240 e. The summed E-state index contributed by atoms with van der Waals surface area (Å²) in [5, 5.41) is 0. The number of piperidine rings is 1. The molecule has 2 heterocycles. The van der Waals surface area contributed by atoms with Crippen molar-refractivity contribution < 1.29 is 13.2 Å². The molecule has 0 bridgehead atoms. The molecule has 0 aromatic heterocycles. The van der Waals surface area contributed by atoms with E-state index < -0.39 is 10.0 Å². The van der Waals surface area contributed by atoms with Crippen molar-refractivity contribution in [3.8, 4) is 0 Å². The Bertz CT molecular complexity index is 1050. The van der Waals surface area contributed by atoms with Crippen LogP contribution in [-0.4, -0.2) is 45.9 Å². The summed E-state index contributed by atoms with van der Waals surface area (Å²) in [5.41, 5.74) is 4.55. The molecule has 1 amide bonds. The highest BCUT2D eigenvalue weighted by Gasteiger charge is 2.24. The van der Waals surface area contributed by atoms with Crippen LogP contribution >= 0.6 is 0 Å². The van der Waals surface area contributed by atoms with Gasteiger partial charge in [0.15, 0.2) is 0 Å². The summed E-state index contributed by atoms with van der Waals surface area (Å²) in [6.45, 7) is 5.17. The first kappa shape index (κ1) is 22.0. The highest BCUT2D eigenvalue weighted by molar-refractivity contribution is 7.89. The second kappa shape index (κ2) is 9.10. The van der Waals surface area contributed by atoms with E-state index in [0.29, 0.717) is 23.8 Å². The van der Waals surface area contributed by atoms with Crippen molar-refractivity contribution in [1.82, 2.24) is 9.62 Å². The van der Waals surface area contributed by atoms with E-state index in [0.717, 1.165) is 50.1 Å². The Labute approximate surface area is 185 Å². The predicted octanol–water partition coefficient (Wildman–Crippen LogP) is 3.09. The molecule has 2 aliphatic heterocycles. The highest BCUT2D eigenvalue weighted by atomic mass is 32.2. The quantitative estimate of drug-likeness (QED) is 0.748. The zero-order valence-corrected chi connectivity index (χ0v) is 19.1. The van der Waals surface area contributed by atoms with E-state index in [-0.39, 0.29) is 5.91 Å². The molecule has 1 fully saturated rings. The number of aryl methyl sites for hydroxylation is 2. The average molecular weight is 442 g/mol. The van der Waals surface area contributed by atoms with Gasteiger partial charge in [0.25, 0.3) is 0 Å². The Kier molecular flexibility index (Phi) is 6.46. The topological polar surface area (TPSA) is 69.7 Å². The Hall–Kier alpha value is -2.22. The molecule has 166 valence electrons. The van der Waals surface area contributed by atoms with Crippen LogP contribution in [0.1, 0.15) is 36.0 Å². The fourth-order valence-electron chi connectivity index (χ4n) is 4.56. The number of hydrogen-bond acceptors (Lipinski definition) is 4. The molecule has 2 aromatic carbocycles. The van der Waals surface area contributed by atoms with Gasteiger partial charge in [-0.3, -0.25) is 9.69 Å². The number of nitrogens with one attached hydrogen (secondary N) is 1. The van der Waals surface area contributed by atoms with Crippen molar-refractivity contribution in [2.45, 2.75) is 44.0 Å². The molecule has 1 saturated heterocycles. The lowest BCUT2D eigenvalue weighted by atomic mass is 9.96. The van der Waals surface area contributed by atoms with Crippen LogP contribution < -0.4 is 9.62 Å². The number of anilines is 1. The number of carbonyl (C=O) groups is 1. The van der Waals surface area contributed by atoms with Gasteiger partial charge in [0.2, 0.25) is 15.9 Å². The average Bonchev–Trinajstić information content (AvgIpc) is 2.76. The Morgan fingerprint density at radius 1 is 1.10 bits per heavy atom. The van der Waals surface area contributed by atoms with Crippen LogP contribution in [0, 0.1) is 12.8 Å². The van der Waals surface area contributed by atoms with Crippen LogP contribution in [0.5, 0.6) is 0 Å². The maximum absolute atomic E-state index is 12.6. The first-order valence-electron chi connectivity index (χ1n) is 11.0. The molecule has 1 unspecified atom stereocenters. The molecule has 1 atom stereocenters. The number of carbonyl (C=O) groups excluding carboxylic acids is 1. The van der Waals surface area contributed by atoms with Crippen molar-refractivity contribution in [1.29, 1.82) is 0 Å². The van der Waals surface area contributed by atoms with Crippen molar-refractivity contribution >= 4 is 21.6 Å². The van der Waals surface area contributed by atoms with Gasteiger partial charge in [-0.25, -0.2) is 13.1 Å². The van der Waals surface area contributed by atoms with Crippen LogP contribution in [0.4, 0.5) is 5.69 Å². The predicted molar refractivity (Wildman–Crippen MR) is 123 cm³/mol. The molecular weight excluding hydrogens is 410 g/mol. The van der Waals surface area contributed by atoms with Gasteiger partial charge in [-0.2, -0.15) is 0 Å². The summed E-state index contributed by atoms with van der Waals surface area (Å²) in [6.07, 6.45) is 3.47. The van der Waals surface area contributed by atoms with Gasteiger partial charge in [0, 0.05) is 38.8 Å². The zero-order valence-electron chi connectivity index (χ0n) is 18.3. The van der Waals surface area contributed by atoms with Crippen LogP contribution in [0.15, 0.2) is 47.4 Å². The zero-order chi connectivity index (χ0) is 22.0. The third kappa shape index (κ3) is 5.17. The standard InChI is InChI=1S/C24H31N3O3S/c1-18-5-9-22(10-6-18)31(29,30)25-15-20-4-3-13-27(17-20)16-19-7-11-23-21(14-19)8-12-24(28)26(23)2/h5-7,9-11,14,20,25H,3-4,8,12-13,15-17H2,1-2H3. The molecule has 0 spiro atoms. The third-order valence-corrected chi connectivity index (χ3v) is 7.83. The number of sulfonamides is 1. The van der Waals surface area contributed by atoms with Crippen LogP contribution in [0.3, 0.4) is 0 Å². The molecular formula is C24H31N3O3S. The molecule has 0 saturated carbocycles. The summed E-state index contributed by atoms with van der Waals surface area (Å²) >= 11 is 0. The molecule has 31 heavy (non-hydrogen) atoms. The van der Waals surface area contributed by atoms with Crippen molar-refractivity contribution in [3.05, 3.63) is 59.2 Å². The summed E-state index contributed by atoms with van der Waals surface area (Å²) in [5.74, 6) is 0.475. The SMILES string of the molecule is Cc1ccc(S(=O)(=O)NCC2CCCN(Cc3ccc4c(c3)CCC(=O)N4C)C2)cc1. The largest absolute Gasteiger partial charge is 0.315 e. The van der Waals surface area contributed by atoms with Gasteiger partial charge in [0.05, 0.1) is 4.90 Å². The number of rotatable bonds is 6. The lowest BCUT2D eigenvalue weighted by Gasteiger charge is -2.33. The molecule has 0 aliphatic carbocycles. The Balaban J connectivity index is 1.35. The number of fused-ring (bicyclic) bond motifs is 1. The molecule has 1 N–H and O–H groups in total. The normalized spacial score (nSPS) is 20.0. The fraction of sp³-hybridized carbons (Fsp3) is 0.458. The molecule has 2 aliphatic rings. The van der Waals surface area contributed by atoms with Gasteiger partial charge in [-0.1, -0.05) is 29.8 Å². The number of nitrogens with zero attached hydrogens (tertiary/aromatic N) is 2. The van der Waals surface area contributed by atoms with Gasteiger partial charge >= 0.3 is 0 Å². The minimum atomic E-state index is -3.47. The van der Waals surface area contributed by atoms with E-state index in [1.165, 1.54) is 11.1 Å². The van der Waals surface area contributed by atoms with Gasteiger partial charge in [-0.05, 0) is 68.0 Å². The number of hydrogen-bond donors (Lipinski definition) is 1. The van der Waals surface area contributed by atoms with Gasteiger partial charge < -0.3 is 4.90 Å². The lowest BCUT2D eigenvalue weighted by Crippen LogP contribution is -2.40. The molecule has 7 heteroatoms. The second-order valence-corrected chi connectivity index (χ2v) is 10.6. The van der Waals surface area contributed by atoms with Crippen molar-refractivity contribution in [2.24, 2.45) is 5.92 Å². The number of benzene rings is 2. The first-order valence-corrected chi connectivity index (χ1v) is 12.5. The van der Waals surface area contributed by atoms with E-state index in [4.69, 9.17) is 0 Å². The van der Waals surface area contributed by atoms with E-state index >= 15 is 0 Å². The van der Waals surface area contributed by atoms with Crippen molar-refractivity contribution in [2.75, 3.05) is 31.6 Å². The van der Waals surface area contributed by atoms with E-state index in [9.17, 15) is 13.2 Å². The molecule has 2 aromatic rings. The van der Waals surface area contributed by atoms with Crippen LogP contribution in [0.25, 0.3) is 0 Å². The van der Waals surface area contributed by atoms with Crippen molar-refractivity contribution in [3.63, 3.8) is 0 Å². The number of likely N-dealkylation sites (tertiary alicyclic amines) is 1.